The van der Waals surface area contributed by atoms with Gasteiger partial charge in [0.15, 0.2) is 6.10 Å². The molecule has 1 aromatic heterocycles. The third-order valence-corrected chi connectivity index (χ3v) is 5.55. The average molecular weight is 395 g/mol. The monoisotopic (exact) mass is 395 g/mol. The van der Waals surface area contributed by atoms with Crippen molar-refractivity contribution in [2.45, 2.75) is 37.7 Å². The Morgan fingerprint density at radius 1 is 1.00 bits per heavy atom. The molecule has 3 aromatic rings. The number of carbonyl (C=O) groups is 1. The molecule has 5 heteroatoms. The first-order chi connectivity index (χ1) is 14.0. The van der Waals surface area contributed by atoms with Crippen molar-refractivity contribution < 1.29 is 18.3 Å². The summed E-state index contributed by atoms with van der Waals surface area (Å²) in [7, 11) is 1.74. The minimum Gasteiger partial charge on any atom is -0.446 e. The first-order valence-electron chi connectivity index (χ1n) is 9.85. The van der Waals surface area contributed by atoms with Gasteiger partial charge in [-0.2, -0.15) is 0 Å². The van der Waals surface area contributed by atoms with Crippen LogP contribution in [0.1, 0.15) is 47.0 Å². The summed E-state index contributed by atoms with van der Waals surface area (Å²) in [6.07, 6.45) is -0.0605. The predicted molar refractivity (Wildman–Crippen MR) is 108 cm³/mol. The van der Waals surface area contributed by atoms with Crippen LogP contribution in [0.5, 0.6) is 0 Å². The van der Waals surface area contributed by atoms with Crippen LogP contribution in [-0.4, -0.2) is 16.5 Å². The summed E-state index contributed by atoms with van der Waals surface area (Å²) in [5.74, 6) is -3.85. The van der Waals surface area contributed by atoms with Gasteiger partial charge in [0.05, 0.1) is 0 Å². The highest BCUT2D eigenvalue weighted by molar-refractivity contribution is 5.89. The van der Waals surface area contributed by atoms with Gasteiger partial charge < -0.3 is 9.30 Å². The number of halogens is 2. The van der Waals surface area contributed by atoms with E-state index in [1.54, 1.807) is 35.9 Å². The summed E-state index contributed by atoms with van der Waals surface area (Å²) in [6.45, 7) is 0. The molecule has 2 aromatic carbocycles. The molecule has 0 N–H and O–H groups in total. The number of aryl methyl sites for hydroxylation is 1. The van der Waals surface area contributed by atoms with Crippen molar-refractivity contribution in [3.8, 4) is 11.3 Å². The molecule has 1 aliphatic rings. The fourth-order valence-electron chi connectivity index (χ4n) is 3.98. The summed E-state index contributed by atoms with van der Waals surface area (Å²) in [5.41, 5.74) is 3.24. The fourth-order valence-corrected chi connectivity index (χ4v) is 3.98. The van der Waals surface area contributed by atoms with E-state index >= 15 is 0 Å². The van der Waals surface area contributed by atoms with Crippen LogP contribution in [0.15, 0.2) is 66.7 Å². The molecule has 1 aliphatic carbocycles. The molecule has 3 nitrogen and oxygen atoms in total. The highest BCUT2D eigenvalue weighted by atomic mass is 19.3. The third-order valence-electron chi connectivity index (χ3n) is 5.55. The Kier molecular flexibility index (Phi) is 5.22. The molecule has 0 amide bonds. The van der Waals surface area contributed by atoms with Gasteiger partial charge in [-0.1, -0.05) is 54.6 Å². The lowest BCUT2D eigenvalue weighted by Crippen LogP contribution is -2.32. The third kappa shape index (κ3) is 3.82. The van der Waals surface area contributed by atoms with Crippen LogP contribution in [0.4, 0.5) is 8.78 Å². The Morgan fingerprint density at radius 2 is 1.72 bits per heavy atom. The smallest absolute Gasteiger partial charge is 0.355 e. The van der Waals surface area contributed by atoms with E-state index in [4.69, 9.17) is 4.74 Å². The second-order valence-corrected chi connectivity index (χ2v) is 7.48. The highest BCUT2D eigenvalue weighted by Crippen LogP contribution is 2.42. The zero-order valence-electron chi connectivity index (χ0n) is 16.3. The Balaban J connectivity index is 1.66. The summed E-state index contributed by atoms with van der Waals surface area (Å²) >= 11 is 0. The molecule has 0 aliphatic heterocycles. The van der Waals surface area contributed by atoms with Crippen LogP contribution in [-0.2, 0) is 18.2 Å². The lowest BCUT2D eigenvalue weighted by Gasteiger charge is -2.30. The van der Waals surface area contributed by atoms with Crippen LogP contribution in [0.2, 0.25) is 0 Å². The molecule has 4 rings (SSSR count). The minimum atomic E-state index is -3.11. The van der Waals surface area contributed by atoms with E-state index in [2.05, 4.69) is 0 Å². The van der Waals surface area contributed by atoms with E-state index in [0.29, 0.717) is 24.8 Å². The lowest BCUT2D eigenvalue weighted by molar-refractivity contribution is -0.124. The van der Waals surface area contributed by atoms with Crippen LogP contribution in [0.25, 0.3) is 11.3 Å². The van der Waals surface area contributed by atoms with E-state index in [1.165, 1.54) is 0 Å². The number of carbonyl (C=O) groups excluding carboxylic acids is 1. The predicted octanol–water partition coefficient (Wildman–Crippen LogP) is 5.95. The largest absolute Gasteiger partial charge is 0.446 e. The second-order valence-electron chi connectivity index (χ2n) is 7.48. The molecule has 1 unspecified atom stereocenters. The molecular weight excluding hydrogens is 372 g/mol. The van der Waals surface area contributed by atoms with Crippen LogP contribution in [0, 0.1) is 0 Å². The van der Waals surface area contributed by atoms with Crippen LogP contribution < -0.4 is 0 Å². The van der Waals surface area contributed by atoms with Gasteiger partial charge in [0, 0.05) is 24.7 Å². The van der Waals surface area contributed by atoms with Crippen molar-refractivity contribution >= 4 is 5.97 Å². The van der Waals surface area contributed by atoms with Crippen molar-refractivity contribution in [2.75, 3.05) is 0 Å². The SMILES string of the molecule is Cn1c(C(=O)OC2c3ccccc3CCCCC2(F)F)ccc1-c1ccccc1. The fraction of sp³-hybridized carbons (Fsp3) is 0.292. The van der Waals surface area contributed by atoms with E-state index < -0.39 is 18.0 Å². The minimum absolute atomic E-state index is 0.249. The van der Waals surface area contributed by atoms with Gasteiger partial charge in [-0.25, -0.2) is 13.6 Å². The van der Waals surface area contributed by atoms with Gasteiger partial charge >= 0.3 is 5.97 Å². The topological polar surface area (TPSA) is 31.2 Å². The summed E-state index contributed by atoms with van der Waals surface area (Å²) < 4.78 is 37.1. The first-order valence-corrected chi connectivity index (χ1v) is 9.85. The number of benzene rings is 2. The van der Waals surface area contributed by atoms with Gasteiger partial charge in [-0.05, 0) is 42.5 Å². The molecule has 1 atom stereocenters. The van der Waals surface area contributed by atoms with Crippen LogP contribution in [0.3, 0.4) is 0 Å². The van der Waals surface area contributed by atoms with E-state index in [0.717, 1.165) is 16.8 Å². The standard InChI is InChI=1S/C24H23F2NO2/c1-27-20(18-11-3-2-4-12-18)14-15-21(27)23(28)29-22-19-13-6-5-9-17(19)10-7-8-16-24(22,25)26/h2-6,9,11-15,22H,7-8,10,16H2,1H3. The van der Waals surface area contributed by atoms with Gasteiger partial charge in [-0.3, -0.25) is 0 Å². The summed E-state index contributed by atoms with van der Waals surface area (Å²) in [5, 5.41) is 0. The zero-order chi connectivity index (χ0) is 20.4. The number of aromatic nitrogens is 1. The molecule has 0 saturated carbocycles. The normalized spacial score (nSPS) is 18.4. The number of fused-ring (bicyclic) bond motifs is 1. The van der Waals surface area contributed by atoms with Crippen molar-refractivity contribution in [1.82, 2.24) is 4.57 Å². The van der Waals surface area contributed by atoms with Crippen molar-refractivity contribution in [2.24, 2.45) is 7.05 Å². The molecule has 0 saturated heterocycles. The van der Waals surface area contributed by atoms with Crippen molar-refractivity contribution in [3.63, 3.8) is 0 Å². The maximum atomic E-state index is 15.0. The molecule has 0 spiro atoms. The molecule has 29 heavy (non-hydrogen) atoms. The number of ether oxygens (including phenoxy) is 1. The van der Waals surface area contributed by atoms with Gasteiger partial charge in [0.2, 0.25) is 0 Å². The Morgan fingerprint density at radius 3 is 2.52 bits per heavy atom. The van der Waals surface area contributed by atoms with E-state index in [1.807, 2.05) is 42.5 Å². The number of nitrogens with zero attached hydrogens (tertiary/aromatic N) is 1. The Labute approximate surface area is 168 Å². The van der Waals surface area contributed by atoms with E-state index in [9.17, 15) is 13.6 Å². The summed E-state index contributed by atoms with van der Waals surface area (Å²) in [4.78, 5) is 12.9. The Bertz CT molecular complexity index is 1010. The second kappa shape index (κ2) is 7.82. The van der Waals surface area contributed by atoms with Crippen LogP contribution >= 0.6 is 0 Å². The number of hydrogen-bond donors (Lipinski definition) is 0. The first kappa shape index (κ1) is 19.4. The molecule has 0 radical (unpaired) electrons. The van der Waals surface area contributed by atoms with Gasteiger partial charge in [0.25, 0.3) is 5.92 Å². The highest BCUT2D eigenvalue weighted by Gasteiger charge is 2.45. The number of alkyl halides is 2. The average Bonchev–Trinajstić information content (AvgIpc) is 3.11. The lowest BCUT2D eigenvalue weighted by atomic mass is 9.89. The quantitative estimate of drug-likeness (QED) is 0.513. The van der Waals surface area contributed by atoms with Gasteiger partial charge in [0.1, 0.15) is 5.69 Å². The molecule has 1 heterocycles. The number of rotatable bonds is 3. The molecule has 0 bridgehead atoms. The maximum Gasteiger partial charge on any atom is 0.355 e. The zero-order valence-corrected chi connectivity index (χ0v) is 16.3. The molecule has 0 fully saturated rings. The van der Waals surface area contributed by atoms with E-state index in [-0.39, 0.29) is 12.1 Å². The Hall–Kier alpha value is -2.95. The number of hydrogen-bond acceptors (Lipinski definition) is 2. The van der Waals surface area contributed by atoms with Crippen molar-refractivity contribution in [3.05, 3.63) is 83.6 Å². The maximum absolute atomic E-state index is 15.0. The molecule has 150 valence electrons. The summed E-state index contributed by atoms with van der Waals surface area (Å²) in [6, 6.07) is 20.1. The van der Waals surface area contributed by atoms with Crippen molar-refractivity contribution in [1.29, 1.82) is 0 Å². The van der Waals surface area contributed by atoms with Gasteiger partial charge in [-0.15, -0.1) is 0 Å². The number of esters is 1. The molecular formula is C24H23F2NO2.